The van der Waals surface area contributed by atoms with Gasteiger partial charge in [0.15, 0.2) is 9.84 Å². The Kier molecular flexibility index (Phi) is 4.28. The first-order valence-electron chi connectivity index (χ1n) is 6.53. The third-order valence-corrected chi connectivity index (χ3v) is 4.85. The van der Waals surface area contributed by atoms with Crippen molar-refractivity contribution in [1.82, 2.24) is 5.32 Å². The van der Waals surface area contributed by atoms with E-state index in [1.54, 1.807) is 12.1 Å². The second-order valence-electron chi connectivity index (χ2n) is 5.34. The van der Waals surface area contributed by atoms with Crippen LogP contribution in [-0.4, -0.2) is 33.9 Å². The van der Waals surface area contributed by atoms with Crippen LogP contribution < -0.4 is 5.32 Å². The standard InChI is InChI=1S/C14H21NO3S/c1-10-9-18-14(8-15-11(10)2)12-4-6-13(7-5-12)19(3,16)17/h4-7,10-11,14-15H,8-9H2,1-3H3. The maximum atomic E-state index is 11.4. The van der Waals surface area contributed by atoms with Gasteiger partial charge in [0, 0.05) is 18.8 Å². The van der Waals surface area contributed by atoms with Gasteiger partial charge in [-0.15, -0.1) is 0 Å². The van der Waals surface area contributed by atoms with Gasteiger partial charge >= 0.3 is 0 Å². The molecule has 3 unspecified atom stereocenters. The molecule has 0 radical (unpaired) electrons. The Morgan fingerprint density at radius 1 is 1.21 bits per heavy atom. The number of rotatable bonds is 2. The molecular formula is C14H21NO3S. The van der Waals surface area contributed by atoms with Crippen molar-refractivity contribution in [2.45, 2.75) is 30.9 Å². The van der Waals surface area contributed by atoms with E-state index < -0.39 is 9.84 Å². The van der Waals surface area contributed by atoms with E-state index in [4.69, 9.17) is 4.74 Å². The van der Waals surface area contributed by atoms with Crippen LogP contribution in [0, 0.1) is 5.92 Å². The number of hydrogen-bond donors (Lipinski definition) is 1. The van der Waals surface area contributed by atoms with Gasteiger partial charge in [-0.05, 0) is 30.5 Å². The number of benzene rings is 1. The maximum absolute atomic E-state index is 11.4. The highest BCUT2D eigenvalue weighted by atomic mass is 32.2. The fourth-order valence-electron chi connectivity index (χ4n) is 2.11. The van der Waals surface area contributed by atoms with Gasteiger partial charge in [-0.1, -0.05) is 19.1 Å². The van der Waals surface area contributed by atoms with Crippen LogP contribution in [0.5, 0.6) is 0 Å². The SMILES string of the molecule is CC1COC(c2ccc(S(C)(=O)=O)cc2)CNC1C. The molecule has 0 bridgehead atoms. The first kappa shape index (κ1) is 14.5. The normalized spacial score (nSPS) is 28.9. The van der Waals surface area contributed by atoms with E-state index in [9.17, 15) is 8.42 Å². The lowest BCUT2D eigenvalue weighted by Crippen LogP contribution is -2.32. The number of ether oxygens (including phenoxy) is 1. The third kappa shape index (κ3) is 3.55. The smallest absolute Gasteiger partial charge is 0.175 e. The van der Waals surface area contributed by atoms with Crippen molar-refractivity contribution in [2.24, 2.45) is 5.92 Å². The average Bonchev–Trinajstić information content (AvgIpc) is 2.52. The van der Waals surface area contributed by atoms with Crippen molar-refractivity contribution in [3.63, 3.8) is 0 Å². The molecule has 2 rings (SSSR count). The molecule has 0 spiro atoms. The molecule has 5 heteroatoms. The van der Waals surface area contributed by atoms with Gasteiger partial charge in [0.1, 0.15) is 0 Å². The Labute approximate surface area is 115 Å². The highest BCUT2D eigenvalue weighted by Gasteiger charge is 2.22. The molecule has 19 heavy (non-hydrogen) atoms. The van der Waals surface area contributed by atoms with Crippen molar-refractivity contribution in [1.29, 1.82) is 0 Å². The molecule has 0 aliphatic carbocycles. The molecule has 1 saturated heterocycles. The minimum absolute atomic E-state index is 0.0130. The summed E-state index contributed by atoms with van der Waals surface area (Å²) in [5, 5.41) is 3.44. The van der Waals surface area contributed by atoms with Crippen LogP contribution >= 0.6 is 0 Å². The summed E-state index contributed by atoms with van der Waals surface area (Å²) in [5.74, 6) is 0.472. The molecule has 4 nitrogen and oxygen atoms in total. The monoisotopic (exact) mass is 283 g/mol. The zero-order valence-electron chi connectivity index (χ0n) is 11.6. The molecule has 106 valence electrons. The Bertz CT molecular complexity index is 512. The molecule has 1 aromatic rings. The average molecular weight is 283 g/mol. The fraction of sp³-hybridized carbons (Fsp3) is 0.571. The summed E-state index contributed by atoms with van der Waals surface area (Å²) >= 11 is 0. The Morgan fingerprint density at radius 3 is 2.42 bits per heavy atom. The van der Waals surface area contributed by atoms with Crippen molar-refractivity contribution in [3.05, 3.63) is 29.8 Å². The molecule has 1 aliphatic rings. The highest BCUT2D eigenvalue weighted by molar-refractivity contribution is 7.90. The maximum Gasteiger partial charge on any atom is 0.175 e. The Balaban J connectivity index is 2.14. The van der Waals surface area contributed by atoms with Crippen LogP contribution in [-0.2, 0) is 14.6 Å². The van der Waals surface area contributed by atoms with E-state index in [1.807, 2.05) is 12.1 Å². The predicted molar refractivity (Wildman–Crippen MR) is 74.9 cm³/mol. The highest BCUT2D eigenvalue weighted by Crippen LogP contribution is 2.23. The molecule has 1 aromatic carbocycles. The van der Waals surface area contributed by atoms with Crippen LogP contribution in [0.2, 0.25) is 0 Å². The minimum Gasteiger partial charge on any atom is -0.372 e. The van der Waals surface area contributed by atoms with Crippen molar-refractivity contribution >= 4 is 9.84 Å². The molecular weight excluding hydrogens is 262 g/mol. The lowest BCUT2D eigenvalue weighted by Gasteiger charge is -2.16. The second kappa shape index (κ2) is 5.61. The second-order valence-corrected chi connectivity index (χ2v) is 7.35. The molecule has 0 amide bonds. The van der Waals surface area contributed by atoms with Gasteiger partial charge in [-0.2, -0.15) is 0 Å². The largest absolute Gasteiger partial charge is 0.372 e. The Hall–Kier alpha value is -0.910. The third-order valence-electron chi connectivity index (χ3n) is 3.72. The molecule has 1 N–H and O–H groups in total. The van der Waals surface area contributed by atoms with E-state index in [0.29, 0.717) is 23.5 Å². The van der Waals surface area contributed by atoms with Crippen LogP contribution in [0.4, 0.5) is 0 Å². The summed E-state index contributed by atoms with van der Waals surface area (Å²) in [7, 11) is -3.13. The molecule has 1 heterocycles. The fourth-order valence-corrected chi connectivity index (χ4v) is 2.74. The molecule has 3 atom stereocenters. The van der Waals surface area contributed by atoms with Crippen molar-refractivity contribution in [3.8, 4) is 0 Å². The number of sulfone groups is 1. The lowest BCUT2D eigenvalue weighted by atomic mass is 10.1. The Morgan fingerprint density at radius 2 is 1.84 bits per heavy atom. The van der Waals surface area contributed by atoms with Crippen LogP contribution in [0.1, 0.15) is 25.5 Å². The molecule has 0 aromatic heterocycles. The summed E-state index contributed by atoms with van der Waals surface area (Å²) in [6, 6.07) is 7.39. The predicted octanol–water partition coefficient (Wildman–Crippen LogP) is 1.78. The minimum atomic E-state index is -3.13. The van der Waals surface area contributed by atoms with E-state index in [0.717, 1.165) is 12.1 Å². The quantitative estimate of drug-likeness (QED) is 0.899. The van der Waals surface area contributed by atoms with Gasteiger partial charge in [-0.3, -0.25) is 0 Å². The summed E-state index contributed by atoms with van der Waals surface area (Å²) < 4.78 is 28.7. The van der Waals surface area contributed by atoms with Gasteiger partial charge < -0.3 is 10.1 Å². The van der Waals surface area contributed by atoms with Crippen LogP contribution in [0.15, 0.2) is 29.2 Å². The molecule has 1 aliphatic heterocycles. The first-order valence-corrected chi connectivity index (χ1v) is 8.42. The summed E-state index contributed by atoms with van der Waals surface area (Å²) in [6.45, 7) is 5.78. The van der Waals surface area contributed by atoms with E-state index in [1.165, 1.54) is 6.26 Å². The van der Waals surface area contributed by atoms with Gasteiger partial charge in [-0.25, -0.2) is 8.42 Å². The van der Waals surface area contributed by atoms with E-state index in [2.05, 4.69) is 19.2 Å². The molecule has 0 saturated carbocycles. The number of nitrogens with one attached hydrogen (secondary N) is 1. The molecule has 1 fully saturated rings. The van der Waals surface area contributed by atoms with Gasteiger partial charge in [0.05, 0.1) is 17.6 Å². The van der Waals surface area contributed by atoms with E-state index >= 15 is 0 Å². The lowest BCUT2D eigenvalue weighted by molar-refractivity contribution is 0.0496. The summed E-state index contributed by atoms with van der Waals surface area (Å²) in [6.07, 6.45) is 1.20. The van der Waals surface area contributed by atoms with Crippen molar-refractivity contribution in [2.75, 3.05) is 19.4 Å². The van der Waals surface area contributed by atoms with Gasteiger partial charge in [0.25, 0.3) is 0 Å². The number of hydrogen-bond acceptors (Lipinski definition) is 4. The van der Waals surface area contributed by atoms with Crippen LogP contribution in [0.25, 0.3) is 0 Å². The summed E-state index contributed by atoms with van der Waals surface area (Å²) in [4.78, 5) is 0.347. The van der Waals surface area contributed by atoms with Gasteiger partial charge in [0.2, 0.25) is 0 Å². The van der Waals surface area contributed by atoms with Crippen molar-refractivity contribution < 1.29 is 13.2 Å². The van der Waals surface area contributed by atoms with E-state index in [-0.39, 0.29) is 6.10 Å². The zero-order chi connectivity index (χ0) is 14.0. The first-order chi connectivity index (χ1) is 8.88. The summed E-state index contributed by atoms with van der Waals surface area (Å²) in [5.41, 5.74) is 1.02. The zero-order valence-corrected chi connectivity index (χ0v) is 12.4. The topological polar surface area (TPSA) is 55.4 Å². The van der Waals surface area contributed by atoms with Crippen LogP contribution in [0.3, 0.4) is 0 Å².